The molecular formula is C18H33N5O7. The van der Waals surface area contributed by atoms with Gasteiger partial charge in [-0.15, -0.1) is 6.42 Å². The van der Waals surface area contributed by atoms with E-state index in [1.165, 1.54) is 6.92 Å². The summed E-state index contributed by atoms with van der Waals surface area (Å²) in [6.45, 7) is 4.00. The summed E-state index contributed by atoms with van der Waals surface area (Å²) < 4.78 is 25.5. The topological polar surface area (TPSA) is 167 Å². The second-order valence-electron chi connectivity index (χ2n) is 5.67. The normalized spacial score (nSPS) is 11.7. The zero-order valence-electron chi connectivity index (χ0n) is 17.9. The molecule has 0 aromatic heterocycles. The average Bonchev–Trinajstić information content (AvgIpc) is 2.73. The number of rotatable bonds is 16. The lowest BCUT2D eigenvalue weighted by Gasteiger charge is -2.18. The Labute approximate surface area is 177 Å². The molecular weight excluding hydrogens is 398 g/mol. The summed E-state index contributed by atoms with van der Waals surface area (Å²) in [5.74, 6) is 2.20. The van der Waals surface area contributed by atoms with Gasteiger partial charge < -0.3 is 34.7 Å². The first-order chi connectivity index (χ1) is 14.4. The molecule has 12 nitrogen and oxygen atoms in total. The van der Waals surface area contributed by atoms with E-state index in [0.717, 1.165) is 0 Å². The van der Waals surface area contributed by atoms with Crippen LogP contribution >= 0.6 is 0 Å². The van der Waals surface area contributed by atoms with E-state index in [0.29, 0.717) is 39.5 Å². The van der Waals surface area contributed by atoms with Gasteiger partial charge in [0.25, 0.3) is 0 Å². The van der Waals surface area contributed by atoms with E-state index in [-0.39, 0.29) is 31.6 Å². The zero-order valence-corrected chi connectivity index (χ0v) is 17.9. The third-order valence-electron chi connectivity index (χ3n) is 3.24. The van der Waals surface area contributed by atoms with Crippen LogP contribution < -0.4 is 11.1 Å². The predicted octanol–water partition coefficient (Wildman–Crippen LogP) is 0.644. The monoisotopic (exact) mass is 431 g/mol. The molecule has 0 fully saturated rings. The number of methoxy groups -OCH3 is 2. The van der Waals surface area contributed by atoms with Crippen LogP contribution in [0.4, 0.5) is 4.79 Å². The van der Waals surface area contributed by atoms with Crippen LogP contribution in [0, 0.1) is 12.3 Å². The van der Waals surface area contributed by atoms with Gasteiger partial charge >= 0.3 is 6.09 Å². The molecule has 12 heteroatoms. The number of nitrogens with one attached hydrogen (secondary N) is 1. The van der Waals surface area contributed by atoms with Gasteiger partial charge in [-0.3, -0.25) is 4.79 Å². The fourth-order valence-corrected chi connectivity index (χ4v) is 1.59. The second-order valence-corrected chi connectivity index (χ2v) is 5.67. The van der Waals surface area contributed by atoms with E-state index in [1.807, 2.05) is 0 Å². The van der Waals surface area contributed by atoms with Crippen LogP contribution in [0.3, 0.4) is 0 Å². The van der Waals surface area contributed by atoms with Gasteiger partial charge in [0, 0.05) is 25.7 Å². The number of Topliss-reactive ketones (excluding diaryl/α,β-unsaturated/α-hetero) is 1. The maximum absolute atomic E-state index is 11.2. The Kier molecular flexibility index (Phi) is 22.7. The van der Waals surface area contributed by atoms with Gasteiger partial charge in [-0.2, -0.15) is 0 Å². The van der Waals surface area contributed by atoms with Gasteiger partial charge in [0.15, 0.2) is 0 Å². The first-order valence-corrected chi connectivity index (χ1v) is 9.21. The molecule has 3 N–H and O–H groups in total. The molecule has 0 aromatic carbocycles. The molecule has 0 heterocycles. The van der Waals surface area contributed by atoms with E-state index >= 15 is 0 Å². The number of hydrogen-bond donors (Lipinski definition) is 2. The van der Waals surface area contributed by atoms with Gasteiger partial charge in [0.05, 0.1) is 45.6 Å². The van der Waals surface area contributed by atoms with Gasteiger partial charge in [-0.05, 0) is 18.9 Å². The largest absolute Gasteiger partial charge is 0.447 e. The Morgan fingerprint density at radius 1 is 1.20 bits per heavy atom. The van der Waals surface area contributed by atoms with Gasteiger partial charge in [-0.25, -0.2) is 4.79 Å². The number of azide groups is 1. The summed E-state index contributed by atoms with van der Waals surface area (Å²) in [5, 5.41) is 5.64. The molecule has 1 amide bonds. The lowest BCUT2D eigenvalue weighted by atomic mass is 10.1. The minimum Gasteiger partial charge on any atom is -0.447 e. The third kappa shape index (κ3) is 21.9. The second kappa shape index (κ2) is 22.9. The van der Waals surface area contributed by atoms with Crippen molar-refractivity contribution in [1.29, 1.82) is 0 Å². The quantitative estimate of drug-likeness (QED) is 0.118. The lowest BCUT2D eigenvalue weighted by Crippen LogP contribution is -2.32. The number of nitrogens with zero attached hydrogens (tertiary/aromatic N) is 3. The number of hydrogen-bond acceptors (Lipinski definition) is 9. The molecule has 172 valence electrons. The van der Waals surface area contributed by atoms with E-state index in [9.17, 15) is 9.59 Å². The van der Waals surface area contributed by atoms with E-state index < -0.39 is 12.1 Å². The fourth-order valence-electron chi connectivity index (χ4n) is 1.59. The Morgan fingerprint density at radius 2 is 1.87 bits per heavy atom. The maximum Gasteiger partial charge on any atom is 0.407 e. The summed E-state index contributed by atoms with van der Waals surface area (Å²) in [5.41, 5.74) is 13.2. The molecule has 0 radical (unpaired) electrons. The number of carbonyl (C=O) groups is 2. The number of terminal acetylenes is 1. The highest BCUT2D eigenvalue weighted by molar-refractivity contribution is 5.81. The van der Waals surface area contributed by atoms with Crippen molar-refractivity contribution in [3.63, 3.8) is 0 Å². The minimum atomic E-state index is -0.583. The van der Waals surface area contributed by atoms with Crippen molar-refractivity contribution < 1.29 is 33.3 Å². The molecule has 0 aliphatic rings. The Bertz CT molecular complexity index is 536. The van der Waals surface area contributed by atoms with Crippen LogP contribution in [0.15, 0.2) is 5.11 Å². The highest BCUT2D eigenvalue weighted by Crippen LogP contribution is 1.97. The molecule has 0 aliphatic carbocycles. The van der Waals surface area contributed by atoms with E-state index in [2.05, 4.69) is 21.3 Å². The molecule has 0 aromatic rings. The van der Waals surface area contributed by atoms with Crippen molar-refractivity contribution in [3.8, 4) is 12.3 Å². The summed E-state index contributed by atoms with van der Waals surface area (Å²) in [6.07, 6.45) is 4.50. The fraction of sp³-hybridized carbons (Fsp3) is 0.778. The van der Waals surface area contributed by atoms with Gasteiger partial charge in [-0.1, -0.05) is 11.0 Å². The van der Waals surface area contributed by atoms with Crippen molar-refractivity contribution in [3.05, 3.63) is 10.4 Å². The lowest BCUT2D eigenvalue weighted by molar-refractivity contribution is -0.118. The molecule has 2 atom stereocenters. The highest BCUT2D eigenvalue weighted by atomic mass is 16.6. The number of carbonyl (C=O) groups excluding carboxylic acids is 2. The van der Waals surface area contributed by atoms with Crippen molar-refractivity contribution in [1.82, 2.24) is 5.32 Å². The SMILES string of the molecule is C#CCNC(=O)OCC(COCCOC)OCCOC.CC(=O)C(N)CCN=[N+]=[N-]. The molecule has 2 unspecified atom stereocenters. The molecule has 0 bridgehead atoms. The first-order valence-electron chi connectivity index (χ1n) is 9.21. The Morgan fingerprint density at radius 3 is 2.43 bits per heavy atom. The number of ether oxygens (including phenoxy) is 5. The summed E-state index contributed by atoms with van der Waals surface area (Å²) >= 11 is 0. The molecule has 0 saturated heterocycles. The Hall–Kier alpha value is -2.39. The van der Waals surface area contributed by atoms with Crippen LogP contribution in [-0.2, 0) is 28.5 Å². The summed E-state index contributed by atoms with van der Waals surface area (Å²) in [7, 11) is 3.17. The molecule has 30 heavy (non-hydrogen) atoms. The summed E-state index contributed by atoms with van der Waals surface area (Å²) in [6, 6.07) is -0.481. The van der Waals surface area contributed by atoms with E-state index in [1.54, 1.807) is 14.2 Å². The maximum atomic E-state index is 11.2. The van der Waals surface area contributed by atoms with Crippen molar-refractivity contribution in [2.75, 3.05) is 67.0 Å². The smallest absolute Gasteiger partial charge is 0.407 e. The Balaban J connectivity index is 0. The van der Waals surface area contributed by atoms with Crippen molar-refractivity contribution >= 4 is 11.9 Å². The number of ketones is 1. The molecule has 0 spiro atoms. The van der Waals surface area contributed by atoms with Crippen LogP contribution in [0.2, 0.25) is 0 Å². The van der Waals surface area contributed by atoms with Crippen molar-refractivity contribution in [2.24, 2.45) is 10.8 Å². The van der Waals surface area contributed by atoms with Gasteiger partial charge in [0.2, 0.25) is 0 Å². The van der Waals surface area contributed by atoms with Crippen LogP contribution in [-0.4, -0.2) is 91.0 Å². The molecule has 0 saturated carbocycles. The summed E-state index contributed by atoms with van der Waals surface area (Å²) in [4.78, 5) is 24.2. The highest BCUT2D eigenvalue weighted by Gasteiger charge is 2.13. The van der Waals surface area contributed by atoms with Crippen LogP contribution in [0.25, 0.3) is 10.4 Å². The average molecular weight is 431 g/mol. The van der Waals surface area contributed by atoms with Gasteiger partial charge in [0.1, 0.15) is 18.5 Å². The van der Waals surface area contributed by atoms with E-state index in [4.69, 9.17) is 41.4 Å². The van der Waals surface area contributed by atoms with Crippen LogP contribution in [0.5, 0.6) is 0 Å². The molecule has 0 aliphatic heterocycles. The zero-order chi connectivity index (χ0) is 23.0. The third-order valence-corrected chi connectivity index (χ3v) is 3.24. The number of alkyl carbamates (subject to hydrolysis) is 1. The van der Waals surface area contributed by atoms with Crippen LogP contribution in [0.1, 0.15) is 13.3 Å². The standard InChI is InChI=1S/C13H23NO6.C5H10N4O/c1-4-5-14-13(15)20-11-12(19-9-7-17-3)10-18-8-6-16-2;1-4(10)5(6)2-3-8-9-7/h1,12H,5-11H2,2-3H3,(H,14,15);5H,2-3,6H2,1H3. The number of amides is 1. The van der Waals surface area contributed by atoms with Crippen molar-refractivity contribution in [2.45, 2.75) is 25.5 Å². The molecule has 0 rings (SSSR count). The number of nitrogens with two attached hydrogens (primary N) is 1. The minimum absolute atomic E-state index is 0.0758. The predicted molar refractivity (Wildman–Crippen MR) is 110 cm³/mol. The first kappa shape index (κ1) is 29.8.